The van der Waals surface area contributed by atoms with Crippen LogP contribution in [0.4, 0.5) is 0 Å². The van der Waals surface area contributed by atoms with E-state index < -0.39 is 11.9 Å². The fourth-order valence-corrected chi connectivity index (χ4v) is 2.67. The number of primary amides is 1. The summed E-state index contributed by atoms with van der Waals surface area (Å²) in [7, 11) is 1.56. The first-order chi connectivity index (χ1) is 11.1. The van der Waals surface area contributed by atoms with Gasteiger partial charge in [-0.15, -0.1) is 0 Å². The molecule has 5 nitrogen and oxygen atoms in total. The Morgan fingerprint density at radius 3 is 2.43 bits per heavy atom. The van der Waals surface area contributed by atoms with Gasteiger partial charge in [-0.05, 0) is 41.5 Å². The second-order valence-corrected chi connectivity index (χ2v) is 5.19. The molecule has 0 saturated heterocycles. The standard InChI is InChI=1S/C18H16N2O3/c1-23-14-8-6-13(7-9-14)18(22)20-11-10-12-4-2-3-5-15(12)16(20)17(19)21/h2-11,16H,1H3,(H2,19,21)/t16-/m0/s1. The van der Waals surface area contributed by atoms with Crippen LogP contribution in [0.3, 0.4) is 0 Å². The fraction of sp³-hybridized carbons (Fsp3) is 0.111. The summed E-state index contributed by atoms with van der Waals surface area (Å²) in [4.78, 5) is 26.1. The quantitative estimate of drug-likeness (QED) is 0.946. The molecule has 2 aromatic carbocycles. The van der Waals surface area contributed by atoms with Crippen molar-refractivity contribution in [3.05, 3.63) is 71.4 Å². The van der Waals surface area contributed by atoms with Gasteiger partial charge in [0.05, 0.1) is 7.11 Å². The van der Waals surface area contributed by atoms with Gasteiger partial charge in [0.1, 0.15) is 11.8 Å². The van der Waals surface area contributed by atoms with Crippen LogP contribution < -0.4 is 10.5 Å². The van der Waals surface area contributed by atoms with E-state index in [1.807, 2.05) is 24.3 Å². The lowest BCUT2D eigenvalue weighted by atomic mass is 9.95. The third kappa shape index (κ3) is 2.68. The average Bonchev–Trinajstić information content (AvgIpc) is 2.60. The normalized spacial score (nSPS) is 15.9. The van der Waals surface area contributed by atoms with Crippen LogP contribution >= 0.6 is 0 Å². The highest BCUT2D eigenvalue weighted by molar-refractivity contribution is 5.99. The van der Waals surface area contributed by atoms with Gasteiger partial charge in [-0.3, -0.25) is 14.5 Å². The van der Waals surface area contributed by atoms with Crippen molar-refractivity contribution in [1.82, 2.24) is 4.90 Å². The second kappa shape index (κ2) is 5.96. The van der Waals surface area contributed by atoms with Crippen molar-refractivity contribution in [3.63, 3.8) is 0 Å². The van der Waals surface area contributed by atoms with Crippen molar-refractivity contribution < 1.29 is 14.3 Å². The predicted octanol–water partition coefficient (Wildman–Crippen LogP) is 2.35. The summed E-state index contributed by atoms with van der Waals surface area (Å²) in [5.74, 6) is -0.196. The first-order valence-electron chi connectivity index (χ1n) is 7.15. The molecule has 0 aromatic heterocycles. The molecule has 0 radical (unpaired) electrons. The van der Waals surface area contributed by atoms with Gasteiger partial charge in [-0.2, -0.15) is 0 Å². The molecule has 1 heterocycles. The summed E-state index contributed by atoms with van der Waals surface area (Å²) < 4.78 is 5.09. The maximum atomic E-state index is 12.8. The van der Waals surface area contributed by atoms with Gasteiger partial charge in [0, 0.05) is 11.8 Å². The summed E-state index contributed by atoms with van der Waals surface area (Å²) in [5, 5.41) is 0. The summed E-state index contributed by atoms with van der Waals surface area (Å²) >= 11 is 0. The van der Waals surface area contributed by atoms with E-state index in [0.29, 0.717) is 11.3 Å². The Kier molecular flexibility index (Phi) is 3.85. The van der Waals surface area contributed by atoms with Gasteiger partial charge in [0.15, 0.2) is 0 Å². The van der Waals surface area contributed by atoms with Crippen molar-refractivity contribution in [1.29, 1.82) is 0 Å². The van der Waals surface area contributed by atoms with Crippen molar-refractivity contribution in [3.8, 4) is 5.75 Å². The highest BCUT2D eigenvalue weighted by Gasteiger charge is 2.32. The minimum absolute atomic E-state index is 0.290. The second-order valence-electron chi connectivity index (χ2n) is 5.19. The number of methoxy groups -OCH3 is 1. The molecule has 0 fully saturated rings. The van der Waals surface area contributed by atoms with E-state index in [-0.39, 0.29) is 5.91 Å². The summed E-state index contributed by atoms with van der Waals surface area (Å²) in [6, 6.07) is 13.3. The third-order valence-corrected chi connectivity index (χ3v) is 3.82. The molecule has 3 rings (SSSR count). The number of nitrogens with zero attached hydrogens (tertiary/aromatic N) is 1. The van der Waals surface area contributed by atoms with E-state index in [2.05, 4.69) is 0 Å². The van der Waals surface area contributed by atoms with E-state index in [4.69, 9.17) is 10.5 Å². The topological polar surface area (TPSA) is 72.6 Å². The molecule has 5 heteroatoms. The molecular weight excluding hydrogens is 292 g/mol. The van der Waals surface area contributed by atoms with Crippen LogP contribution in [0.25, 0.3) is 6.08 Å². The van der Waals surface area contributed by atoms with E-state index >= 15 is 0 Å². The Balaban J connectivity index is 1.98. The van der Waals surface area contributed by atoms with Crippen molar-refractivity contribution in [2.45, 2.75) is 6.04 Å². The first-order valence-corrected chi connectivity index (χ1v) is 7.15. The van der Waals surface area contributed by atoms with E-state index in [0.717, 1.165) is 11.1 Å². The van der Waals surface area contributed by atoms with Crippen LogP contribution in [-0.4, -0.2) is 23.8 Å². The van der Waals surface area contributed by atoms with Gasteiger partial charge in [-0.1, -0.05) is 24.3 Å². The first kappa shape index (κ1) is 14.8. The van der Waals surface area contributed by atoms with E-state index in [1.165, 1.54) is 4.90 Å². The van der Waals surface area contributed by atoms with Gasteiger partial charge in [-0.25, -0.2) is 0 Å². The zero-order valence-electron chi connectivity index (χ0n) is 12.6. The minimum Gasteiger partial charge on any atom is -0.497 e. The summed E-state index contributed by atoms with van der Waals surface area (Å²) in [6.45, 7) is 0. The smallest absolute Gasteiger partial charge is 0.258 e. The van der Waals surface area contributed by atoms with Gasteiger partial charge < -0.3 is 10.5 Å². The Morgan fingerprint density at radius 2 is 1.78 bits per heavy atom. The highest BCUT2D eigenvalue weighted by Crippen LogP contribution is 2.31. The molecule has 0 aliphatic carbocycles. The molecule has 0 unspecified atom stereocenters. The highest BCUT2D eigenvalue weighted by atomic mass is 16.5. The lowest BCUT2D eigenvalue weighted by molar-refractivity contribution is -0.122. The molecule has 1 atom stereocenters. The molecule has 2 N–H and O–H groups in total. The van der Waals surface area contributed by atoms with Crippen molar-refractivity contribution in [2.24, 2.45) is 5.73 Å². The number of fused-ring (bicyclic) bond motifs is 1. The van der Waals surface area contributed by atoms with Crippen LogP contribution in [-0.2, 0) is 4.79 Å². The molecule has 2 aromatic rings. The molecular formula is C18H16N2O3. The molecule has 2 amide bonds. The van der Waals surface area contributed by atoms with Gasteiger partial charge in [0.25, 0.3) is 5.91 Å². The van der Waals surface area contributed by atoms with Crippen molar-refractivity contribution >= 4 is 17.9 Å². The zero-order valence-corrected chi connectivity index (χ0v) is 12.6. The maximum absolute atomic E-state index is 12.8. The molecule has 1 aliphatic rings. The average molecular weight is 308 g/mol. The number of rotatable bonds is 3. The SMILES string of the molecule is COc1ccc(C(=O)N2C=Cc3ccccc3[C@H]2C(N)=O)cc1. The number of benzene rings is 2. The Labute approximate surface area is 134 Å². The predicted molar refractivity (Wildman–Crippen MR) is 86.6 cm³/mol. The molecule has 0 saturated carbocycles. The fourth-order valence-electron chi connectivity index (χ4n) is 2.67. The van der Waals surface area contributed by atoms with Crippen LogP contribution in [0, 0.1) is 0 Å². The lowest BCUT2D eigenvalue weighted by Crippen LogP contribution is -2.40. The number of nitrogens with two attached hydrogens (primary N) is 1. The number of carbonyl (C=O) groups excluding carboxylic acids is 2. The van der Waals surface area contributed by atoms with E-state index in [1.54, 1.807) is 43.7 Å². The molecule has 0 bridgehead atoms. The number of hydrogen-bond acceptors (Lipinski definition) is 3. The van der Waals surface area contributed by atoms with Crippen LogP contribution in [0.5, 0.6) is 5.75 Å². The molecule has 0 spiro atoms. The molecule has 116 valence electrons. The minimum atomic E-state index is -0.814. The Morgan fingerprint density at radius 1 is 1.09 bits per heavy atom. The molecule has 1 aliphatic heterocycles. The number of carbonyl (C=O) groups is 2. The van der Waals surface area contributed by atoms with Crippen LogP contribution in [0.2, 0.25) is 0 Å². The van der Waals surface area contributed by atoms with Crippen LogP contribution in [0.15, 0.2) is 54.7 Å². The molecule has 23 heavy (non-hydrogen) atoms. The van der Waals surface area contributed by atoms with Gasteiger partial charge >= 0.3 is 0 Å². The lowest BCUT2D eigenvalue weighted by Gasteiger charge is -2.31. The third-order valence-electron chi connectivity index (χ3n) is 3.82. The number of amides is 2. The monoisotopic (exact) mass is 308 g/mol. The largest absolute Gasteiger partial charge is 0.497 e. The summed E-state index contributed by atoms with van der Waals surface area (Å²) in [6.07, 6.45) is 3.40. The number of hydrogen-bond donors (Lipinski definition) is 1. The van der Waals surface area contributed by atoms with Crippen molar-refractivity contribution in [2.75, 3.05) is 7.11 Å². The Hall–Kier alpha value is -3.08. The zero-order chi connectivity index (χ0) is 16.4. The van der Waals surface area contributed by atoms with Gasteiger partial charge in [0.2, 0.25) is 5.91 Å². The van der Waals surface area contributed by atoms with Crippen LogP contribution in [0.1, 0.15) is 27.5 Å². The number of ether oxygens (including phenoxy) is 1. The summed E-state index contributed by atoms with van der Waals surface area (Å²) in [5.41, 5.74) is 7.62. The van der Waals surface area contributed by atoms with E-state index in [9.17, 15) is 9.59 Å². The Bertz CT molecular complexity index is 781. The maximum Gasteiger partial charge on any atom is 0.258 e.